The van der Waals surface area contributed by atoms with Crippen LogP contribution in [-0.4, -0.2) is 30.3 Å². The third kappa shape index (κ3) is 4.17. The molecule has 20 heavy (non-hydrogen) atoms. The van der Waals surface area contributed by atoms with Gasteiger partial charge in [-0.2, -0.15) is 0 Å². The second-order valence-corrected chi connectivity index (χ2v) is 6.08. The van der Waals surface area contributed by atoms with Crippen molar-refractivity contribution in [2.24, 2.45) is 0 Å². The summed E-state index contributed by atoms with van der Waals surface area (Å²) in [4.78, 5) is 14.6. The van der Waals surface area contributed by atoms with E-state index in [1.807, 2.05) is 12.1 Å². The van der Waals surface area contributed by atoms with Crippen molar-refractivity contribution in [2.75, 3.05) is 13.6 Å². The Kier molecular flexibility index (Phi) is 5.78. The fourth-order valence-electron chi connectivity index (χ4n) is 3.11. The number of rotatable bonds is 6. The van der Waals surface area contributed by atoms with E-state index in [1.165, 1.54) is 37.7 Å². The van der Waals surface area contributed by atoms with Gasteiger partial charge in [-0.15, -0.1) is 0 Å². The van der Waals surface area contributed by atoms with Gasteiger partial charge in [0, 0.05) is 11.6 Å². The third-order valence-corrected chi connectivity index (χ3v) is 4.41. The molecule has 2 rings (SSSR count). The lowest BCUT2D eigenvalue weighted by Gasteiger charge is -2.30. The summed E-state index contributed by atoms with van der Waals surface area (Å²) in [7, 11) is 2.10. The zero-order chi connectivity index (χ0) is 14.4. The molecule has 0 spiro atoms. The molecule has 0 bridgehead atoms. The van der Waals surface area contributed by atoms with Crippen LogP contribution >= 0.6 is 0 Å². The topological polar surface area (TPSA) is 20.3 Å². The van der Waals surface area contributed by atoms with Gasteiger partial charge < -0.3 is 0 Å². The first-order valence-electron chi connectivity index (χ1n) is 8.03. The van der Waals surface area contributed by atoms with Crippen molar-refractivity contribution in [3.63, 3.8) is 0 Å². The van der Waals surface area contributed by atoms with Gasteiger partial charge in [-0.25, -0.2) is 0 Å². The molecule has 0 aromatic heterocycles. The van der Waals surface area contributed by atoms with Crippen LogP contribution in [0.25, 0.3) is 0 Å². The van der Waals surface area contributed by atoms with E-state index in [0.717, 1.165) is 18.4 Å². The van der Waals surface area contributed by atoms with E-state index in [-0.39, 0.29) is 5.78 Å². The number of carbonyl (C=O) groups is 1. The highest BCUT2D eigenvalue weighted by molar-refractivity contribution is 5.97. The largest absolute Gasteiger partial charge is 0.296 e. The number of nitrogens with zero attached hydrogens (tertiary/aromatic N) is 1. The highest BCUT2D eigenvalue weighted by Gasteiger charge is 2.20. The highest BCUT2D eigenvalue weighted by atomic mass is 16.1. The van der Waals surface area contributed by atoms with Crippen LogP contribution in [0.2, 0.25) is 0 Å². The maximum atomic E-state index is 12.3. The van der Waals surface area contributed by atoms with E-state index in [1.54, 1.807) is 0 Å². The average Bonchev–Trinajstić information content (AvgIpc) is 2.49. The molecule has 0 saturated heterocycles. The Balaban J connectivity index is 1.89. The smallest absolute Gasteiger partial charge is 0.176 e. The molecule has 0 unspecified atom stereocenters. The Labute approximate surface area is 123 Å². The first-order chi connectivity index (χ1) is 9.70. The number of likely N-dealkylation sites (N-methyl/N-ethyl adjacent to an activating group) is 1. The molecule has 1 aliphatic carbocycles. The van der Waals surface area contributed by atoms with Crippen LogP contribution < -0.4 is 0 Å². The van der Waals surface area contributed by atoms with Crippen LogP contribution in [0, 0.1) is 0 Å². The number of aryl methyl sites for hydroxylation is 1. The molecule has 0 radical (unpaired) electrons. The van der Waals surface area contributed by atoms with E-state index in [2.05, 4.69) is 31.0 Å². The van der Waals surface area contributed by atoms with Crippen molar-refractivity contribution in [1.82, 2.24) is 4.90 Å². The second-order valence-electron chi connectivity index (χ2n) is 6.08. The molecule has 110 valence electrons. The molecule has 1 saturated carbocycles. The van der Waals surface area contributed by atoms with E-state index >= 15 is 0 Å². The Morgan fingerprint density at radius 2 is 1.80 bits per heavy atom. The fraction of sp³-hybridized carbons (Fsp3) is 0.611. The Bertz CT molecular complexity index is 418. The zero-order valence-electron chi connectivity index (χ0n) is 12.9. The molecule has 2 heteroatoms. The van der Waals surface area contributed by atoms with Crippen molar-refractivity contribution >= 4 is 5.78 Å². The van der Waals surface area contributed by atoms with Gasteiger partial charge >= 0.3 is 0 Å². The Morgan fingerprint density at radius 1 is 1.15 bits per heavy atom. The number of ketones is 1. The maximum absolute atomic E-state index is 12.3. The van der Waals surface area contributed by atoms with E-state index < -0.39 is 0 Å². The van der Waals surface area contributed by atoms with Crippen LogP contribution in [0.5, 0.6) is 0 Å². The monoisotopic (exact) mass is 273 g/mol. The lowest BCUT2D eigenvalue weighted by atomic mass is 9.94. The van der Waals surface area contributed by atoms with Crippen LogP contribution in [0.1, 0.15) is 61.4 Å². The van der Waals surface area contributed by atoms with Gasteiger partial charge in [0.05, 0.1) is 6.54 Å². The molecular formula is C18H27NO. The Hall–Kier alpha value is -1.15. The van der Waals surface area contributed by atoms with E-state index in [4.69, 9.17) is 0 Å². The SMILES string of the molecule is CCCc1ccc(C(=O)CN(C)C2CCCCC2)cc1. The summed E-state index contributed by atoms with van der Waals surface area (Å²) >= 11 is 0. The van der Waals surface area contributed by atoms with E-state index in [9.17, 15) is 4.79 Å². The van der Waals surface area contributed by atoms with Gasteiger partial charge in [-0.3, -0.25) is 9.69 Å². The third-order valence-electron chi connectivity index (χ3n) is 4.41. The first-order valence-corrected chi connectivity index (χ1v) is 8.03. The van der Waals surface area contributed by atoms with Crippen molar-refractivity contribution < 1.29 is 4.79 Å². The molecule has 0 N–H and O–H groups in total. The number of carbonyl (C=O) groups excluding carboxylic acids is 1. The van der Waals surface area contributed by atoms with Crippen LogP contribution in [-0.2, 0) is 6.42 Å². The number of Topliss-reactive ketones (excluding diaryl/α,β-unsaturated/α-hetero) is 1. The minimum atomic E-state index is 0.251. The molecule has 1 aromatic carbocycles. The molecule has 1 aliphatic rings. The minimum Gasteiger partial charge on any atom is -0.296 e. The van der Waals surface area contributed by atoms with Crippen LogP contribution in [0.15, 0.2) is 24.3 Å². The molecule has 0 atom stereocenters. The predicted molar refractivity (Wildman–Crippen MR) is 84.3 cm³/mol. The maximum Gasteiger partial charge on any atom is 0.176 e. The second kappa shape index (κ2) is 7.58. The minimum absolute atomic E-state index is 0.251. The molecule has 0 aliphatic heterocycles. The van der Waals surface area contributed by atoms with Crippen molar-refractivity contribution in [3.8, 4) is 0 Å². The summed E-state index contributed by atoms with van der Waals surface area (Å²) in [5.41, 5.74) is 2.18. The molecular weight excluding hydrogens is 246 g/mol. The molecule has 0 amide bonds. The fourth-order valence-corrected chi connectivity index (χ4v) is 3.11. The van der Waals surface area contributed by atoms with E-state index in [0.29, 0.717) is 12.6 Å². The van der Waals surface area contributed by atoms with Gasteiger partial charge in [-0.1, -0.05) is 56.9 Å². The zero-order valence-corrected chi connectivity index (χ0v) is 12.9. The predicted octanol–water partition coefficient (Wildman–Crippen LogP) is 4.09. The molecule has 2 nitrogen and oxygen atoms in total. The standard InChI is InChI=1S/C18H27NO/c1-3-7-15-10-12-16(13-11-15)18(20)14-19(2)17-8-5-4-6-9-17/h10-13,17H,3-9,14H2,1-2H3. The van der Waals surface area contributed by atoms with Crippen molar-refractivity contribution in [3.05, 3.63) is 35.4 Å². The summed E-state index contributed by atoms with van der Waals surface area (Å²) in [5, 5.41) is 0. The lowest BCUT2D eigenvalue weighted by molar-refractivity contribution is 0.0899. The van der Waals surface area contributed by atoms with Crippen LogP contribution in [0.3, 0.4) is 0 Å². The summed E-state index contributed by atoms with van der Waals surface area (Å²) in [5.74, 6) is 0.251. The first kappa shape index (κ1) is 15.2. The number of hydrogen-bond donors (Lipinski definition) is 0. The lowest BCUT2D eigenvalue weighted by Crippen LogP contribution is -2.37. The van der Waals surface area contributed by atoms with Crippen LogP contribution in [0.4, 0.5) is 0 Å². The normalized spacial score (nSPS) is 16.6. The number of benzene rings is 1. The average molecular weight is 273 g/mol. The summed E-state index contributed by atoms with van der Waals surface area (Å²) in [6, 6.07) is 8.77. The quantitative estimate of drug-likeness (QED) is 0.728. The summed E-state index contributed by atoms with van der Waals surface area (Å²) in [6.45, 7) is 2.73. The summed E-state index contributed by atoms with van der Waals surface area (Å²) < 4.78 is 0. The van der Waals surface area contributed by atoms with Gasteiger partial charge in [0.25, 0.3) is 0 Å². The van der Waals surface area contributed by atoms with Gasteiger partial charge in [0.15, 0.2) is 5.78 Å². The molecule has 1 fully saturated rings. The highest BCUT2D eigenvalue weighted by Crippen LogP contribution is 2.21. The Morgan fingerprint density at radius 3 is 2.40 bits per heavy atom. The van der Waals surface area contributed by atoms with Gasteiger partial charge in [-0.05, 0) is 31.9 Å². The van der Waals surface area contributed by atoms with Gasteiger partial charge in [0.1, 0.15) is 0 Å². The molecule has 0 heterocycles. The van der Waals surface area contributed by atoms with Crippen molar-refractivity contribution in [2.45, 2.75) is 57.9 Å². The van der Waals surface area contributed by atoms with Crippen molar-refractivity contribution in [1.29, 1.82) is 0 Å². The number of hydrogen-bond acceptors (Lipinski definition) is 2. The van der Waals surface area contributed by atoms with Gasteiger partial charge in [0.2, 0.25) is 0 Å². The summed E-state index contributed by atoms with van der Waals surface area (Å²) in [6.07, 6.45) is 8.73. The molecule has 1 aromatic rings.